The number of carbonyl (C=O) groups excluding carboxylic acids is 1. The first-order valence-electron chi connectivity index (χ1n) is 7.63. The second-order valence-electron chi connectivity index (χ2n) is 5.59. The van der Waals surface area contributed by atoms with E-state index in [2.05, 4.69) is 10.6 Å². The molecule has 124 valence electrons. The summed E-state index contributed by atoms with van der Waals surface area (Å²) in [4.78, 5) is 23.5. The number of thiophene rings is 1. The predicted molar refractivity (Wildman–Crippen MR) is 96.7 cm³/mol. The van der Waals surface area contributed by atoms with Gasteiger partial charge in [-0.2, -0.15) is 0 Å². The van der Waals surface area contributed by atoms with Gasteiger partial charge in [0, 0.05) is 17.0 Å². The third kappa shape index (κ3) is 2.64. The molecule has 0 bridgehead atoms. The van der Waals surface area contributed by atoms with Crippen LogP contribution in [0.25, 0.3) is 11.1 Å². The largest absolute Gasteiger partial charge is 0.352 e. The summed E-state index contributed by atoms with van der Waals surface area (Å²) < 4.78 is 0. The maximum Gasteiger partial charge on any atom is 0.276 e. The van der Waals surface area contributed by atoms with Gasteiger partial charge in [0.25, 0.3) is 11.6 Å². The van der Waals surface area contributed by atoms with Crippen LogP contribution >= 0.6 is 11.3 Å². The number of fused-ring (bicyclic) bond motifs is 1. The number of hydrogen-bond donors (Lipinski definition) is 2. The number of rotatable bonds is 3. The van der Waals surface area contributed by atoms with E-state index in [1.165, 1.54) is 17.4 Å². The zero-order chi connectivity index (χ0) is 17.4. The Morgan fingerprint density at radius 1 is 1.00 bits per heavy atom. The molecular weight excluding hydrogens is 338 g/mol. The molecule has 0 aliphatic carbocycles. The Labute approximate surface area is 147 Å². The maximum absolute atomic E-state index is 12.7. The lowest BCUT2D eigenvalue weighted by Crippen LogP contribution is -2.38. The van der Waals surface area contributed by atoms with Crippen LogP contribution in [0.2, 0.25) is 0 Å². The van der Waals surface area contributed by atoms with E-state index in [4.69, 9.17) is 0 Å². The van der Waals surface area contributed by atoms with Crippen molar-refractivity contribution in [2.45, 2.75) is 6.17 Å². The number of para-hydroxylation sites is 1. The minimum Gasteiger partial charge on any atom is -0.352 e. The molecule has 4 rings (SSSR count). The van der Waals surface area contributed by atoms with Gasteiger partial charge in [-0.25, -0.2) is 0 Å². The van der Waals surface area contributed by atoms with Crippen molar-refractivity contribution < 1.29 is 9.72 Å². The average Bonchev–Trinajstić information content (AvgIpc) is 3.07. The second-order valence-corrected chi connectivity index (χ2v) is 6.47. The fourth-order valence-electron chi connectivity index (χ4n) is 2.94. The molecule has 1 aliphatic heterocycles. The Kier molecular flexibility index (Phi) is 3.70. The highest BCUT2D eigenvalue weighted by Gasteiger charge is 2.32. The minimum atomic E-state index is -0.635. The highest BCUT2D eigenvalue weighted by Crippen LogP contribution is 2.40. The monoisotopic (exact) mass is 351 g/mol. The van der Waals surface area contributed by atoms with Gasteiger partial charge in [-0.15, -0.1) is 11.3 Å². The lowest BCUT2D eigenvalue weighted by Gasteiger charge is -2.26. The van der Waals surface area contributed by atoms with Gasteiger partial charge >= 0.3 is 0 Å². The molecule has 0 fully saturated rings. The Bertz CT molecular complexity index is 969. The van der Waals surface area contributed by atoms with E-state index in [1.54, 1.807) is 18.2 Å². The molecule has 2 heterocycles. The molecule has 6 nitrogen and oxygen atoms in total. The van der Waals surface area contributed by atoms with Gasteiger partial charge in [0.05, 0.1) is 16.1 Å². The summed E-state index contributed by atoms with van der Waals surface area (Å²) in [7, 11) is 0. The summed E-state index contributed by atoms with van der Waals surface area (Å²) in [5.41, 5.74) is 2.79. The molecular formula is C18H13N3O3S. The van der Waals surface area contributed by atoms with E-state index >= 15 is 0 Å². The van der Waals surface area contributed by atoms with E-state index in [-0.39, 0.29) is 11.6 Å². The zero-order valence-electron chi connectivity index (χ0n) is 12.9. The van der Waals surface area contributed by atoms with Crippen LogP contribution in [0.5, 0.6) is 0 Å². The summed E-state index contributed by atoms with van der Waals surface area (Å²) in [5, 5.41) is 19.9. The number of anilines is 1. The Morgan fingerprint density at radius 2 is 1.72 bits per heavy atom. The molecule has 0 radical (unpaired) electrons. The fourth-order valence-corrected chi connectivity index (χ4v) is 3.94. The highest BCUT2D eigenvalue weighted by molar-refractivity contribution is 7.15. The molecule has 1 aromatic heterocycles. The van der Waals surface area contributed by atoms with Crippen LogP contribution in [0.3, 0.4) is 0 Å². The van der Waals surface area contributed by atoms with Gasteiger partial charge < -0.3 is 10.6 Å². The first-order valence-corrected chi connectivity index (χ1v) is 8.51. The highest BCUT2D eigenvalue weighted by atomic mass is 32.1. The summed E-state index contributed by atoms with van der Waals surface area (Å²) in [6.07, 6.45) is -0.635. The Hall–Kier alpha value is -3.19. The van der Waals surface area contributed by atoms with Gasteiger partial charge in [0.1, 0.15) is 11.2 Å². The van der Waals surface area contributed by atoms with Crippen molar-refractivity contribution in [2.75, 3.05) is 5.32 Å². The Balaban J connectivity index is 1.74. The first-order chi connectivity index (χ1) is 12.1. The van der Waals surface area contributed by atoms with Gasteiger partial charge in [-0.3, -0.25) is 14.9 Å². The number of carbonyl (C=O) groups is 1. The topological polar surface area (TPSA) is 84.3 Å². The lowest BCUT2D eigenvalue weighted by atomic mass is 10.0. The van der Waals surface area contributed by atoms with Gasteiger partial charge in [-0.05, 0) is 11.6 Å². The predicted octanol–water partition coefficient (Wildman–Crippen LogP) is 4.18. The van der Waals surface area contributed by atoms with Crippen LogP contribution in [-0.4, -0.2) is 10.8 Å². The van der Waals surface area contributed by atoms with Crippen LogP contribution in [0.4, 0.5) is 10.7 Å². The zero-order valence-corrected chi connectivity index (χ0v) is 13.7. The molecule has 0 saturated carbocycles. The number of hydrogen-bond acceptors (Lipinski definition) is 5. The van der Waals surface area contributed by atoms with Crippen LogP contribution in [0.15, 0.2) is 60.0 Å². The van der Waals surface area contributed by atoms with Crippen molar-refractivity contribution >= 4 is 27.9 Å². The van der Waals surface area contributed by atoms with E-state index in [0.717, 1.165) is 11.1 Å². The first kappa shape index (κ1) is 15.3. The molecule has 1 unspecified atom stereocenters. The molecule has 7 heteroatoms. The molecule has 25 heavy (non-hydrogen) atoms. The molecule has 0 saturated heterocycles. The van der Waals surface area contributed by atoms with E-state index in [9.17, 15) is 14.9 Å². The van der Waals surface area contributed by atoms with Crippen molar-refractivity contribution in [2.24, 2.45) is 0 Å². The third-order valence-electron chi connectivity index (χ3n) is 4.10. The minimum absolute atomic E-state index is 0.0245. The average molecular weight is 351 g/mol. The van der Waals surface area contributed by atoms with Crippen LogP contribution in [-0.2, 0) is 0 Å². The van der Waals surface area contributed by atoms with Crippen LogP contribution < -0.4 is 10.6 Å². The van der Waals surface area contributed by atoms with Crippen molar-refractivity contribution in [1.82, 2.24) is 5.32 Å². The normalized spacial score (nSPS) is 15.8. The number of nitrogens with zero attached hydrogens (tertiary/aromatic N) is 1. The van der Waals surface area contributed by atoms with Crippen molar-refractivity contribution in [3.05, 3.63) is 81.2 Å². The lowest BCUT2D eigenvalue weighted by molar-refractivity contribution is -0.385. The Morgan fingerprint density at radius 3 is 2.48 bits per heavy atom. The molecule has 1 amide bonds. The second kappa shape index (κ2) is 6.03. The molecule has 2 aromatic carbocycles. The SMILES string of the molecule is O=C1NC(c2ccccc2[N+](=O)[O-])Nc2scc(-c3ccccc3)c21. The fraction of sp³-hybridized carbons (Fsp3) is 0.0556. The number of nitro groups is 1. The molecule has 2 N–H and O–H groups in total. The van der Waals surface area contributed by atoms with Gasteiger partial charge in [-0.1, -0.05) is 42.5 Å². The number of amides is 1. The van der Waals surface area contributed by atoms with Gasteiger partial charge in [0.2, 0.25) is 0 Å². The van der Waals surface area contributed by atoms with Crippen molar-refractivity contribution in [3.63, 3.8) is 0 Å². The van der Waals surface area contributed by atoms with Crippen LogP contribution in [0.1, 0.15) is 22.1 Å². The van der Waals surface area contributed by atoms with Crippen LogP contribution in [0, 0.1) is 10.1 Å². The molecule has 3 aromatic rings. The molecule has 1 atom stereocenters. The van der Waals surface area contributed by atoms with E-state index < -0.39 is 11.1 Å². The summed E-state index contributed by atoms with van der Waals surface area (Å²) in [6, 6.07) is 16.1. The smallest absolute Gasteiger partial charge is 0.276 e. The molecule has 1 aliphatic rings. The summed E-state index contributed by atoms with van der Waals surface area (Å²) in [6.45, 7) is 0. The van der Waals surface area contributed by atoms with Crippen molar-refractivity contribution in [1.29, 1.82) is 0 Å². The summed E-state index contributed by atoms with van der Waals surface area (Å²) in [5.74, 6) is -0.239. The number of nitro benzene ring substituents is 1. The maximum atomic E-state index is 12.7. The van der Waals surface area contributed by atoms with E-state index in [0.29, 0.717) is 16.1 Å². The standard InChI is InChI=1S/C18H13N3O3S/c22-17-15-13(11-6-2-1-3-7-11)10-25-18(15)20-16(19-17)12-8-4-5-9-14(12)21(23)24/h1-10,16,20H,(H,19,22). The van der Waals surface area contributed by atoms with Crippen molar-refractivity contribution in [3.8, 4) is 11.1 Å². The quantitative estimate of drug-likeness (QED) is 0.548. The third-order valence-corrected chi connectivity index (χ3v) is 5.01. The number of benzene rings is 2. The molecule has 0 spiro atoms. The van der Waals surface area contributed by atoms with Gasteiger partial charge in [0.15, 0.2) is 0 Å². The number of nitrogens with one attached hydrogen (secondary N) is 2. The van der Waals surface area contributed by atoms with E-state index in [1.807, 2.05) is 35.7 Å². The summed E-state index contributed by atoms with van der Waals surface area (Å²) >= 11 is 1.42.